The molecule has 1 aromatic rings. The molecule has 0 bridgehead atoms. The van der Waals surface area contributed by atoms with Crippen molar-refractivity contribution in [2.45, 2.75) is 38.3 Å². The fraction of sp³-hybridized carbons (Fsp3) is 0.650. The normalized spacial score (nSPS) is 24.0. The second-order valence-corrected chi connectivity index (χ2v) is 7.41. The van der Waals surface area contributed by atoms with Crippen LogP contribution in [0.25, 0.3) is 0 Å². The van der Waals surface area contributed by atoms with Crippen LogP contribution in [-0.2, 0) is 4.79 Å². The van der Waals surface area contributed by atoms with Gasteiger partial charge in [0.15, 0.2) is 0 Å². The van der Waals surface area contributed by atoms with Crippen LogP contribution in [0.15, 0.2) is 30.3 Å². The van der Waals surface area contributed by atoms with E-state index in [1.54, 1.807) is 0 Å². The Hall–Kier alpha value is -1.43. The van der Waals surface area contributed by atoms with Crippen LogP contribution in [0, 0.1) is 0 Å². The van der Waals surface area contributed by atoms with E-state index in [-0.39, 0.29) is 0 Å². The first kappa shape index (κ1) is 18.4. The van der Waals surface area contributed by atoms with Crippen molar-refractivity contribution in [3.8, 4) is 0 Å². The number of benzene rings is 1. The number of aliphatic hydroxyl groups is 1. The molecule has 5 nitrogen and oxygen atoms in total. The van der Waals surface area contributed by atoms with Gasteiger partial charge in [-0.05, 0) is 31.9 Å². The molecule has 0 unspecified atom stereocenters. The van der Waals surface area contributed by atoms with Gasteiger partial charge in [0, 0.05) is 51.7 Å². The zero-order valence-corrected chi connectivity index (χ0v) is 15.3. The molecule has 0 spiro atoms. The SMILES string of the molecule is C[C@H]1CN(CCCN2CCCC2=O)CCN1C[C@H](O)c1ccccc1. The number of hydrogen-bond donors (Lipinski definition) is 1. The number of carbonyl (C=O) groups is 1. The van der Waals surface area contributed by atoms with Crippen LogP contribution in [0.2, 0.25) is 0 Å². The van der Waals surface area contributed by atoms with Gasteiger partial charge in [0.1, 0.15) is 0 Å². The molecular weight excluding hydrogens is 314 g/mol. The molecule has 0 aromatic heterocycles. The summed E-state index contributed by atoms with van der Waals surface area (Å²) in [6.07, 6.45) is 2.40. The highest BCUT2D eigenvalue weighted by atomic mass is 16.3. The number of likely N-dealkylation sites (tertiary alicyclic amines) is 1. The maximum Gasteiger partial charge on any atom is 0.222 e. The number of amides is 1. The second-order valence-electron chi connectivity index (χ2n) is 7.41. The van der Waals surface area contributed by atoms with Crippen molar-refractivity contribution in [1.82, 2.24) is 14.7 Å². The summed E-state index contributed by atoms with van der Waals surface area (Å²) in [5.74, 6) is 0.327. The van der Waals surface area contributed by atoms with E-state index < -0.39 is 6.10 Å². The summed E-state index contributed by atoms with van der Waals surface area (Å²) < 4.78 is 0. The predicted octanol–water partition coefficient (Wildman–Crippen LogP) is 1.74. The second kappa shape index (κ2) is 8.79. The largest absolute Gasteiger partial charge is 0.387 e. The lowest BCUT2D eigenvalue weighted by atomic mass is 10.1. The number of β-amino-alcohol motifs (C(OH)–C–C–N with tert-alkyl or cyclic N) is 1. The third-order valence-electron chi connectivity index (χ3n) is 5.51. The average molecular weight is 345 g/mol. The Balaban J connectivity index is 1.39. The van der Waals surface area contributed by atoms with Crippen LogP contribution in [0.3, 0.4) is 0 Å². The van der Waals surface area contributed by atoms with Crippen molar-refractivity contribution in [1.29, 1.82) is 0 Å². The Kier molecular flexibility index (Phi) is 6.45. The summed E-state index contributed by atoms with van der Waals surface area (Å²) in [7, 11) is 0. The molecule has 2 aliphatic rings. The van der Waals surface area contributed by atoms with Crippen LogP contribution in [0.1, 0.15) is 37.9 Å². The molecule has 2 aliphatic heterocycles. The first-order valence-corrected chi connectivity index (χ1v) is 9.60. The van der Waals surface area contributed by atoms with Crippen molar-refractivity contribution in [3.63, 3.8) is 0 Å². The topological polar surface area (TPSA) is 47.0 Å². The Morgan fingerprint density at radius 2 is 1.96 bits per heavy atom. The van der Waals surface area contributed by atoms with Crippen LogP contribution < -0.4 is 0 Å². The summed E-state index contributed by atoms with van der Waals surface area (Å²) in [6, 6.07) is 10.4. The van der Waals surface area contributed by atoms with Gasteiger partial charge in [-0.3, -0.25) is 9.69 Å². The number of carbonyl (C=O) groups excluding carboxylic acids is 1. The number of rotatable bonds is 7. The molecule has 2 heterocycles. The van der Waals surface area contributed by atoms with E-state index in [4.69, 9.17) is 0 Å². The summed E-state index contributed by atoms with van der Waals surface area (Å²) in [6.45, 7) is 8.92. The fourth-order valence-corrected chi connectivity index (χ4v) is 3.97. The first-order chi connectivity index (χ1) is 12.1. The third-order valence-corrected chi connectivity index (χ3v) is 5.51. The number of hydrogen-bond acceptors (Lipinski definition) is 4. The zero-order valence-electron chi connectivity index (χ0n) is 15.3. The van der Waals surface area contributed by atoms with E-state index in [0.717, 1.165) is 64.1 Å². The lowest BCUT2D eigenvalue weighted by molar-refractivity contribution is -0.127. The molecule has 1 aromatic carbocycles. The Morgan fingerprint density at radius 3 is 2.64 bits per heavy atom. The zero-order chi connectivity index (χ0) is 17.6. The highest BCUT2D eigenvalue weighted by Gasteiger charge is 2.26. The van der Waals surface area contributed by atoms with Crippen LogP contribution in [0.5, 0.6) is 0 Å². The maximum absolute atomic E-state index is 11.7. The fourth-order valence-electron chi connectivity index (χ4n) is 3.97. The molecule has 138 valence electrons. The first-order valence-electron chi connectivity index (χ1n) is 9.60. The number of aliphatic hydroxyl groups excluding tert-OH is 1. The van der Waals surface area contributed by atoms with E-state index in [1.807, 2.05) is 35.2 Å². The van der Waals surface area contributed by atoms with E-state index in [0.29, 0.717) is 18.5 Å². The van der Waals surface area contributed by atoms with Gasteiger partial charge in [0.2, 0.25) is 5.91 Å². The van der Waals surface area contributed by atoms with E-state index in [1.165, 1.54) is 0 Å². The van der Waals surface area contributed by atoms with Gasteiger partial charge < -0.3 is 14.9 Å². The summed E-state index contributed by atoms with van der Waals surface area (Å²) in [5, 5.41) is 10.5. The molecule has 3 rings (SSSR count). The van der Waals surface area contributed by atoms with Crippen molar-refractivity contribution in [2.24, 2.45) is 0 Å². The standard InChI is InChI=1S/C20H31N3O2/c1-17-15-21(10-6-12-22-11-5-9-20(22)25)13-14-23(17)16-19(24)18-7-3-2-4-8-18/h2-4,7-8,17,19,24H,5-6,9-16H2,1H3/t17-,19-/m0/s1. The van der Waals surface area contributed by atoms with E-state index >= 15 is 0 Å². The molecule has 2 saturated heterocycles. The molecule has 2 atom stereocenters. The lowest BCUT2D eigenvalue weighted by Gasteiger charge is -2.40. The van der Waals surface area contributed by atoms with Gasteiger partial charge in [0.25, 0.3) is 0 Å². The summed E-state index contributed by atoms with van der Waals surface area (Å²) in [4.78, 5) is 18.5. The highest BCUT2D eigenvalue weighted by molar-refractivity contribution is 5.77. The average Bonchev–Trinajstić information content (AvgIpc) is 3.03. The van der Waals surface area contributed by atoms with Crippen LogP contribution >= 0.6 is 0 Å². The van der Waals surface area contributed by atoms with Gasteiger partial charge in [-0.2, -0.15) is 0 Å². The maximum atomic E-state index is 11.7. The molecule has 25 heavy (non-hydrogen) atoms. The molecule has 0 saturated carbocycles. The van der Waals surface area contributed by atoms with Crippen LogP contribution in [-0.4, -0.2) is 77.6 Å². The van der Waals surface area contributed by atoms with Gasteiger partial charge in [-0.1, -0.05) is 30.3 Å². The minimum atomic E-state index is -0.420. The predicted molar refractivity (Wildman–Crippen MR) is 99.3 cm³/mol. The molecule has 0 aliphatic carbocycles. The summed E-state index contributed by atoms with van der Waals surface area (Å²) >= 11 is 0. The van der Waals surface area contributed by atoms with Gasteiger partial charge >= 0.3 is 0 Å². The quantitative estimate of drug-likeness (QED) is 0.818. The summed E-state index contributed by atoms with van der Waals surface area (Å²) in [5.41, 5.74) is 0.993. The van der Waals surface area contributed by atoms with Gasteiger partial charge in [-0.15, -0.1) is 0 Å². The van der Waals surface area contributed by atoms with E-state index in [9.17, 15) is 9.90 Å². The molecule has 5 heteroatoms. The highest BCUT2D eigenvalue weighted by Crippen LogP contribution is 2.18. The minimum absolute atomic E-state index is 0.327. The van der Waals surface area contributed by atoms with Crippen molar-refractivity contribution in [2.75, 3.05) is 45.8 Å². The molecule has 1 amide bonds. The molecule has 2 fully saturated rings. The lowest BCUT2D eigenvalue weighted by Crippen LogP contribution is -2.53. The molecule has 0 radical (unpaired) electrons. The van der Waals surface area contributed by atoms with Crippen LogP contribution in [0.4, 0.5) is 0 Å². The van der Waals surface area contributed by atoms with Crippen molar-refractivity contribution < 1.29 is 9.90 Å². The Labute approximate surface area is 151 Å². The van der Waals surface area contributed by atoms with Gasteiger partial charge in [-0.25, -0.2) is 0 Å². The van der Waals surface area contributed by atoms with Crippen molar-refractivity contribution >= 4 is 5.91 Å². The third kappa shape index (κ3) is 5.03. The number of nitrogens with zero attached hydrogens (tertiary/aromatic N) is 3. The smallest absolute Gasteiger partial charge is 0.222 e. The van der Waals surface area contributed by atoms with E-state index in [2.05, 4.69) is 16.7 Å². The van der Waals surface area contributed by atoms with Crippen molar-refractivity contribution in [3.05, 3.63) is 35.9 Å². The number of piperazine rings is 1. The monoisotopic (exact) mass is 345 g/mol. The molecule has 1 N–H and O–H groups in total. The minimum Gasteiger partial charge on any atom is -0.387 e. The Bertz CT molecular complexity index is 551. The molecular formula is C20H31N3O2. The van der Waals surface area contributed by atoms with Gasteiger partial charge in [0.05, 0.1) is 6.10 Å². The Morgan fingerprint density at radius 1 is 1.16 bits per heavy atom.